The lowest BCUT2D eigenvalue weighted by Gasteiger charge is -2.09. The highest BCUT2D eigenvalue weighted by atomic mass is 35.5. The summed E-state index contributed by atoms with van der Waals surface area (Å²) in [6.45, 7) is 2.18. The lowest BCUT2D eigenvalue weighted by atomic mass is 10.1. The van der Waals surface area contributed by atoms with Crippen molar-refractivity contribution in [1.29, 1.82) is 0 Å². The van der Waals surface area contributed by atoms with E-state index in [2.05, 4.69) is 0 Å². The fourth-order valence-corrected chi connectivity index (χ4v) is 1.25. The summed E-state index contributed by atoms with van der Waals surface area (Å²) in [5, 5.41) is 9.08. The van der Waals surface area contributed by atoms with E-state index in [1.807, 2.05) is 0 Å². The number of hydrogen-bond donors (Lipinski definition) is 2. The molecule has 0 aliphatic carbocycles. The molecule has 0 saturated heterocycles. The average Bonchev–Trinajstić information content (AvgIpc) is 2.10. The van der Waals surface area contributed by atoms with Crippen LogP contribution >= 0.6 is 11.6 Å². The van der Waals surface area contributed by atoms with Crippen LogP contribution in [0.3, 0.4) is 0 Å². The molecule has 5 heteroatoms. The van der Waals surface area contributed by atoms with Crippen LogP contribution in [-0.2, 0) is 0 Å². The number of carboxylic acids is 1. The number of carboxylic acid groups (broad SMARTS) is 1. The van der Waals surface area contributed by atoms with Gasteiger partial charge in [-0.3, -0.25) is 0 Å². The number of nitrogens with two attached hydrogens (primary N) is 1. The van der Waals surface area contributed by atoms with E-state index in [9.17, 15) is 4.79 Å². The Bertz CT molecular complexity index is 365. The minimum absolute atomic E-state index is 0.0408. The van der Waals surface area contributed by atoms with E-state index >= 15 is 0 Å². The second kappa shape index (κ2) is 4.19. The zero-order valence-corrected chi connectivity index (χ0v) is 8.34. The van der Waals surface area contributed by atoms with Gasteiger partial charge in [-0.1, -0.05) is 11.6 Å². The number of nitrogen functional groups attached to an aromatic ring is 1. The maximum atomic E-state index is 10.7. The summed E-state index contributed by atoms with van der Waals surface area (Å²) in [4.78, 5) is 10.7. The Morgan fingerprint density at radius 2 is 2.29 bits per heavy atom. The molecule has 1 rings (SSSR count). The number of aromatic carboxylic acids is 1. The zero-order chi connectivity index (χ0) is 10.7. The first-order valence-electron chi connectivity index (χ1n) is 4.01. The Morgan fingerprint density at radius 1 is 1.64 bits per heavy atom. The van der Waals surface area contributed by atoms with Crippen molar-refractivity contribution >= 4 is 23.3 Å². The van der Waals surface area contributed by atoms with E-state index in [1.165, 1.54) is 12.1 Å². The number of anilines is 1. The van der Waals surface area contributed by atoms with E-state index in [-0.39, 0.29) is 11.3 Å². The molecule has 0 aliphatic rings. The van der Waals surface area contributed by atoms with E-state index in [4.69, 9.17) is 27.2 Å². The summed E-state index contributed by atoms with van der Waals surface area (Å²) in [6, 6.07) is 2.79. The molecule has 0 fully saturated rings. The van der Waals surface area contributed by atoms with Gasteiger partial charge in [-0.05, 0) is 13.0 Å². The molecule has 1 aromatic carbocycles. The Morgan fingerprint density at radius 3 is 2.79 bits per heavy atom. The fourth-order valence-electron chi connectivity index (χ4n) is 1.04. The van der Waals surface area contributed by atoms with Gasteiger partial charge in [-0.15, -0.1) is 0 Å². The minimum Gasteiger partial charge on any atom is -0.492 e. The van der Waals surface area contributed by atoms with Crippen LogP contribution in [0.1, 0.15) is 17.3 Å². The summed E-state index contributed by atoms with van der Waals surface area (Å²) in [7, 11) is 0. The third kappa shape index (κ3) is 2.09. The Hall–Kier alpha value is -1.42. The second-order valence-corrected chi connectivity index (χ2v) is 3.04. The highest BCUT2D eigenvalue weighted by Crippen LogP contribution is 2.29. The molecule has 0 saturated carbocycles. The first-order valence-corrected chi connectivity index (χ1v) is 4.39. The third-order valence-electron chi connectivity index (χ3n) is 1.64. The maximum Gasteiger partial charge on any atom is 0.337 e. The number of benzene rings is 1. The van der Waals surface area contributed by atoms with E-state index < -0.39 is 5.97 Å². The van der Waals surface area contributed by atoms with Gasteiger partial charge in [0.05, 0.1) is 17.9 Å². The molecular weight excluding hydrogens is 206 g/mol. The SMILES string of the molecule is CCOc1cc(Cl)cc(C(=O)O)c1N. The second-order valence-electron chi connectivity index (χ2n) is 2.60. The first-order chi connectivity index (χ1) is 6.56. The average molecular weight is 216 g/mol. The summed E-state index contributed by atoms with van der Waals surface area (Å²) in [5.74, 6) is -0.816. The third-order valence-corrected chi connectivity index (χ3v) is 1.86. The van der Waals surface area contributed by atoms with Crippen molar-refractivity contribution in [3.8, 4) is 5.75 Å². The molecule has 0 spiro atoms. The molecule has 0 radical (unpaired) electrons. The molecule has 76 valence electrons. The van der Waals surface area contributed by atoms with Gasteiger partial charge in [0.2, 0.25) is 0 Å². The first kappa shape index (κ1) is 10.7. The molecule has 14 heavy (non-hydrogen) atoms. The Balaban J connectivity index is 3.24. The molecule has 0 aliphatic heterocycles. The van der Waals surface area contributed by atoms with Crippen LogP contribution in [0.4, 0.5) is 5.69 Å². The van der Waals surface area contributed by atoms with Crippen molar-refractivity contribution in [3.63, 3.8) is 0 Å². The van der Waals surface area contributed by atoms with Gasteiger partial charge in [0.1, 0.15) is 5.75 Å². The van der Waals surface area contributed by atoms with Crippen LogP contribution in [0.25, 0.3) is 0 Å². The normalized spacial score (nSPS) is 9.86. The van der Waals surface area contributed by atoms with Crippen molar-refractivity contribution in [2.45, 2.75) is 6.92 Å². The summed E-state index contributed by atoms with van der Waals surface area (Å²) in [5.41, 5.74) is 5.63. The molecule has 3 N–H and O–H groups in total. The van der Waals surface area contributed by atoms with Crippen molar-refractivity contribution in [2.75, 3.05) is 12.3 Å². The maximum absolute atomic E-state index is 10.7. The molecule has 0 bridgehead atoms. The van der Waals surface area contributed by atoms with Crippen LogP contribution < -0.4 is 10.5 Å². The van der Waals surface area contributed by atoms with Gasteiger partial charge in [0.25, 0.3) is 0 Å². The van der Waals surface area contributed by atoms with Crippen molar-refractivity contribution in [2.24, 2.45) is 0 Å². The standard InChI is InChI=1S/C9H10ClNO3/c1-2-14-7-4-5(10)3-6(8(7)11)9(12)13/h3-4H,2,11H2,1H3,(H,12,13). The number of ether oxygens (including phenoxy) is 1. The van der Waals surface area contributed by atoms with Crippen LogP contribution in [0.2, 0.25) is 5.02 Å². The smallest absolute Gasteiger partial charge is 0.337 e. The van der Waals surface area contributed by atoms with Crippen molar-refractivity contribution in [1.82, 2.24) is 0 Å². The largest absolute Gasteiger partial charge is 0.492 e. The molecule has 0 heterocycles. The number of hydrogen-bond acceptors (Lipinski definition) is 3. The highest BCUT2D eigenvalue weighted by molar-refractivity contribution is 6.31. The Kier molecular flexibility index (Phi) is 3.19. The predicted molar refractivity (Wildman–Crippen MR) is 54.0 cm³/mol. The van der Waals surface area contributed by atoms with E-state index in [0.717, 1.165) is 0 Å². The fraction of sp³-hybridized carbons (Fsp3) is 0.222. The van der Waals surface area contributed by atoms with Gasteiger partial charge >= 0.3 is 5.97 Å². The van der Waals surface area contributed by atoms with Crippen molar-refractivity contribution in [3.05, 3.63) is 22.7 Å². The molecular formula is C9H10ClNO3. The van der Waals surface area contributed by atoms with Gasteiger partial charge in [-0.2, -0.15) is 0 Å². The van der Waals surface area contributed by atoms with Gasteiger partial charge < -0.3 is 15.6 Å². The molecule has 4 nitrogen and oxygen atoms in total. The number of halogens is 1. The lowest BCUT2D eigenvalue weighted by molar-refractivity contribution is 0.0697. The number of carbonyl (C=O) groups is 1. The monoisotopic (exact) mass is 215 g/mol. The Labute approximate surface area is 86.2 Å². The van der Waals surface area contributed by atoms with E-state index in [0.29, 0.717) is 17.4 Å². The molecule has 0 aromatic heterocycles. The summed E-state index contributed by atoms with van der Waals surface area (Å²) in [6.07, 6.45) is 0. The molecule has 0 amide bonds. The topological polar surface area (TPSA) is 72.5 Å². The zero-order valence-electron chi connectivity index (χ0n) is 7.58. The van der Waals surface area contributed by atoms with Gasteiger partial charge in [0.15, 0.2) is 0 Å². The van der Waals surface area contributed by atoms with E-state index in [1.54, 1.807) is 6.92 Å². The van der Waals surface area contributed by atoms with Gasteiger partial charge in [0, 0.05) is 11.1 Å². The highest BCUT2D eigenvalue weighted by Gasteiger charge is 2.13. The molecule has 0 atom stereocenters. The molecule has 1 aromatic rings. The number of rotatable bonds is 3. The van der Waals surface area contributed by atoms with Crippen LogP contribution in [0.5, 0.6) is 5.75 Å². The van der Waals surface area contributed by atoms with Crippen molar-refractivity contribution < 1.29 is 14.6 Å². The quantitative estimate of drug-likeness (QED) is 0.757. The summed E-state index contributed by atoms with van der Waals surface area (Å²) >= 11 is 5.70. The lowest BCUT2D eigenvalue weighted by Crippen LogP contribution is -2.05. The van der Waals surface area contributed by atoms with Gasteiger partial charge in [-0.25, -0.2) is 4.79 Å². The predicted octanol–water partition coefficient (Wildman–Crippen LogP) is 2.02. The van der Waals surface area contributed by atoms with Crippen LogP contribution in [0, 0.1) is 0 Å². The minimum atomic E-state index is -1.12. The van der Waals surface area contributed by atoms with Crippen LogP contribution in [-0.4, -0.2) is 17.7 Å². The van der Waals surface area contributed by atoms with Crippen LogP contribution in [0.15, 0.2) is 12.1 Å². The summed E-state index contributed by atoms with van der Waals surface area (Å²) < 4.78 is 5.14. The molecule has 0 unspecified atom stereocenters.